The van der Waals surface area contributed by atoms with Crippen LogP contribution in [-0.2, 0) is 11.6 Å². The van der Waals surface area contributed by atoms with Crippen molar-refractivity contribution < 1.29 is 8.78 Å². The van der Waals surface area contributed by atoms with Crippen LogP contribution in [0.2, 0.25) is 0 Å². The third-order valence-electron chi connectivity index (χ3n) is 0.0891. The summed E-state index contributed by atoms with van der Waals surface area (Å²) in [5.74, 6) is -2.53. The highest BCUT2D eigenvalue weighted by atomic mass is 32.1. The third kappa shape index (κ3) is 3.88. The minimum absolute atomic E-state index is 0.204. The highest BCUT2D eigenvalue weighted by Crippen LogP contribution is 1.84. The van der Waals surface area contributed by atoms with Gasteiger partial charge < -0.3 is 0 Å². The molecule has 0 saturated carbocycles. The summed E-state index contributed by atoms with van der Waals surface area (Å²) in [4.78, 5) is 0. The van der Waals surface area contributed by atoms with Crippen molar-refractivity contribution in [2.24, 2.45) is 0 Å². The predicted octanol–water partition coefficient (Wildman–Crippen LogP) is 1.05. The molecule has 0 fully saturated rings. The second kappa shape index (κ2) is 2.14. The molecule has 0 aromatic carbocycles. The molecule has 1 N–H and O–H groups in total. The Morgan fingerprint density at radius 3 is 1.80 bits per heavy atom. The molecule has 0 rings (SSSR count). The van der Waals surface area contributed by atoms with Gasteiger partial charge in [-0.15, -0.1) is 8.78 Å². The fourth-order valence-corrected chi connectivity index (χ4v) is 0. The Bertz CT molecular complexity index is 36.6. The quantitative estimate of drug-likeness (QED) is 0.474. The van der Waals surface area contributed by atoms with Gasteiger partial charge in [0.25, 0.3) is 0 Å². The van der Waals surface area contributed by atoms with E-state index in [2.05, 4.69) is 0 Å². The van der Waals surface area contributed by atoms with Gasteiger partial charge in [-0.1, -0.05) is 0 Å². The summed E-state index contributed by atoms with van der Waals surface area (Å²) in [6.45, 7) is 0. The minimum Gasteiger partial charge on any atom is -0.146 e. The smallest absolute Gasteiger partial charge is 0.146 e. The van der Waals surface area contributed by atoms with Crippen LogP contribution in [0, 0.1) is 4.78 Å². The standard InChI is InChI=1S/CH2F2NS/c2-1(3)5-4/h1,4H/q+1. The number of hydrogen-bond acceptors (Lipinski definition) is 1. The molecule has 0 heterocycles. The molecule has 0 aliphatic rings. The molecule has 0 amide bonds. The highest BCUT2D eigenvalue weighted by Gasteiger charge is 2.08. The highest BCUT2D eigenvalue weighted by molar-refractivity contribution is 7.67. The Hall–Kier alpha value is -0.120. The molecule has 4 heteroatoms. The zero-order valence-electron chi connectivity index (χ0n) is 2.24. The fraction of sp³-hybridized carbons (Fsp3) is 1.00. The van der Waals surface area contributed by atoms with Crippen LogP contribution in [0.1, 0.15) is 0 Å². The molecule has 0 atom stereocenters. The van der Waals surface area contributed by atoms with Crippen LogP contribution in [-0.4, -0.2) is 5.76 Å². The van der Waals surface area contributed by atoms with Crippen LogP contribution < -0.4 is 0 Å². The van der Waals surface area contributed by atoms with E-state index in [0.717, 1.165) is 0 Å². The molecule has 5 heavy (non-hydrogen) atoms. The summed E-state index contributed by atoms with van der Waals surface area (Å²) in [5, 5.41) is 0. The van der Waals surface area contributed by atoms with E-state index in [0.29, 0.717) is 0 Å². The van der Waals surface area contributed by atoms with Crippen molar-refractivity contribution in [3.8, 4) is 0 Å². The Kier molecular flexibility index (Phi) is 2.09. The summed E-state index contributed by atoms with van der Waals surface area (Å²) in [5.41, 5.74) is 0. The van der Waals surface area contributed by atoms with Crippen molar-refractivity contribution >= 4 is 11.6 Å². The lowest BCUT2D eigenvalue weighted by molar-refractivity contribution is 0.252. The number of halogens is 2. The molecule has 0 aliphatic heterocycles. The van der Waals surface area contributed by atoms with Gasteiger partial charge in [-0.05, 0) is 4.78 Å². The van der Waals surface area contributed by atoms with E-state index in [9.17, 15) is 8.78 Å². The maximum atomic E-state index is 10.5. The molecule has 0 saturated heterocycles. The van der Waals surface area contributed by atoms with Crippen molar-refractivity contribution in [3.05, 3.63) is 0 Å². The van der Waals surface area contributed by atoms with Gasteiger partial charge in [0.2, 0.25) is 0 Å². The fourth-order valence-electron chi connectivity index (χ4n) is 0. The van der Waals surface area contributed by atoms with E-state index in [1.54, 1.807) is 0 Å². The second-order valence-electron chi connectivity index (χ2n) is 0.379. The van der Waals surface area contributed by atoms with Gasteiger partial charge >= 0.3 is 17.3 Å². The van der Waals surface area contributed by atoms with Gasteiger partial charge in [0.05, 0.1) is 0 Å². The largest absolute Gasteiger partial charge is 0.494 e. The minimum atomic E-state index is -2.53. The lowest BCUT2D eigenvalue weighted by Gasteiger charge is -1.55. The first-order valence-corrected chi connectivity index (χ1v) is 1.76. The Morgan fingerprint density at radius 2 is 1.80 bits per heavy atom. The van der Waals surface area contributed by atoms with E-state index in [4.69, 9.17) is 4.78 Å². The van der Waals surface area contributed by atoms with Crippen LogP contribution in [0.4, 0.5) is 8.78 Å². The number of hydrogen-bond donors (Lipinski definition) is 1. The molecular weight excluding hydrogens is 96.1 g/mol. The first-order chi connectivity index (χ1) is 2.27. The summed E-state index contributed by atoms with van der Waals surface area (Å²) < 4.78 is 26.9. The Balaban J connectivity index is 2.83. The third-order valence-corrected chi connectivity index (χ3v) is 0.267. The van der Waals surface area contributed by atoms with Crippen molar-refractivity contribution in [1.82, 2.24) is 0 Å². The average Bonchev–Trinajstić information content (AvgIpc) is 1.38. The van der Waals surface area contributed by atoms with Crippen molar-refractivity contribution in [2.45, 2.75) is 5.76 Å². The monoisotopic (exact) mass is 98.0 g/mol. The molecule has 0 radical (unpaired) electrons. The first-order valence-electron chi connectivity index (χ1n) is 0.876. The SMILES string of the molecule is N=[S+]C(F)F. The number of alkyl halides is 2. The number of rotatable bonds is 1. The van der Waals surface area contributed by atoms with Crippen LogP contribution in [0.25, 0.3) is 0 Å². The number of nitrogens with one attached hydrogen (secondary N) is 1. The predicted molar refractivity (Wildman–Crippen MR) is 16.1 cm³/mol. The molecule has 1 nitrogen and oxygen atoms in total. The molecular formula is CH2F2NS+. The van der Waals surface area contributed by atoms with Gasteiger partial charge in [-0.3, -0.25) is 0 Å². The average molecular weight is 98.1 g/mol. The maximum absolute atomic E-state index is 10.5. The maximum Gasteiger partial charge on any atom is 0.494 e. The second-order valence-corrected chi connectivity index (χ2v) is 0.971. The van der Waals surface area contributed by atoms with E-state index in [1.807, 2.05) is 0 Å². The normalized spacial score (nSPS) is 8.60. The summed E-state index contributed by atoms with van der Waals surface area (Å²) in [6.07, 6.45) is 0. The van der Waals surface area contributed by atoms with E-state index < -0.39 is 5.76 Å². The first kappa shape index (κ1) is 4.88. The zero-order chi connectivity index (χ0) is 4.28. The van der Waals surface area contributed by atoms with Crippen LogP contribution >= 0.6 is 0 Å². The zero-order valence-corrected chi connectivity index (χ0v) is 3.06. The van der Waals surface area contributed by atoms with Crippen LogP contribution in [0.15, 0.2) is 0 Å². The Morgan fingerprint density at radius 1 is 1.60 bits per heavy atom. The van der Waals surface area contributed by atoms with Crippen molar-refractivity contribution in [3.63, 3.8) is 0 Å². The summed E-state index contributed by atoms with van der Waals surface area (Å²) in [6, 6.07) is 0. The topological polar surface area (TPSA) is 23.9 Å². The molecule has 0 spiro atoms. The molecule has 0 bridgehead atoms. The van der Waals surface area contributed by atoms with Gasteiger partial charge in [-0.25, -0.2) is 0 Å². The molecule has 0 aromatic rings. The lowest BCUT2D eigenvalue weighted by Crippen LogP contribution is -1.78. The molecule has 30 valence electrons. The van der Waals surface area contributed by atoms with Crippen LogP contribution in [0.5, 0.6) is 0 Å². The molecule has 0 aliphatic carbocycles. The van der Waals surface area contributed by atoms with Gasteiger partial charge in [0, 0.05) is 0 Å². The van der Waals surface area contributed by atoms with E-state index in [-0.39, 0.29) is 11.6 Å². The van der Waals surface area contributed by atoms with Crippen molar-refractivity contribution in [2.75, 3.05) is 0 Å². The molecule has 0 unspecified atom stereocenters. The van der Waals surface area contributed by atoms with Gasteiger partial charge in [0.1, 0.15) is 0 Å². The van der Waals surface area contributed by atoms with Gasteiger partial charge in [0.15, 0.2) is 0 Å². The summed E-state index contributed by atoms with van der Waals surface area (Å²) in [7, 11) is 0. The molecule has 0 aromatic heterocycles. The Labute approximate surface area is 31.9 Å². The lowest BCUT2D eigenvalue weighted by atomic mass is 11.7. The summed E-state index contributed by atoms with van der Waals surface area (Å²) >= 11 is -0.204. The van der Waals surface area contributed by atoms with E-state index >= 15 is 0 Å². The van der Waals surface area contributed by atoms with Crippen LogP contribution in [0.3, 0.4) is 0 Å². The van der Waals surface area contributed by atoms with Crippen molar-refractivity contribution in [1.29, 1.82) is 4.78 Å². The van der Waals surface area contributed by atoms with Gasteiger partial charge in [-0.2, -0.15) is 0 Å². The van der Waals surface area contributed by atoms with E-state index in [1.165, 1.54) is 0 Å².